The Morgan fingerprint density at radius 3 is 2.58 bits per heavy atom. The van der Waals surface area contributed by atoms with Gasteiger partial charge in [-0.25, -0.2) is 4.79 Å². The van der Waals surface area contributed by atoms with E-state index in [0.717, 1.165) is 16.7 Å². The van der Waals surface area contributed by atoms with Crippen LogP contribution in [-0.2, 0) is 27.5 Å². The molecular formula is C23H23N3O5. The van der Waals surface area contributed by atoms with Crippen molar-refractivity contribution in [1.29, 1.82) is 0 Å². The second kappa shape index (κ2) is 8.22. The number of fused-ring (bicyclic) bond motifs is 1. The van der Waals surface area contributed by atoms with Gasteiger partial charge in [0.25, 0.3) is 5.91 Å². The third kappa shape index (κ3) is 4.42. The Kier molecular flexibility index (Phi) is 5.46. The first-order valence-corrected chi connectivity index (χ1v) is 10.1. The van der Waals surface area contributed by atoms with Gasteiger partial charge in [-0.3, -0.25) is 25.0 Å². The Bertz CT molecular complexity index is 1070. The van der Waals surface area contributed by atoms with E-state index in [1.807, 2.05) is 32.0 Å². The minimum Gasteiger partial charge on any atom is -0.444 e. The fourth-order valence-electron chi connectivity index (χ4n) is 4.04. The number of amides is 4. The number of imide groups is 1. The van der Waals surface area contributed by atoms with Gasteiger partial charge in [0, 0.05) is 24.2 Å². The lowest BCUT2D eigenvalue weighted by molar-refractivity contribution is -0.136. The van der Waals surface area contributed by atoms with Crippen LogP contribution in [0.3, 0.4) is 0 Å². The number of nitrogens with one attached hydrogen (secondary N) is 2. The lowest BCUT2D eigenvalue weighted by atomic mass is 10.0. The zero-order valence-electron chi connectivity index (χ0n) is 17.4. The van der Waals surface area contributed by atoms with Crippen molar-refractivity contribution < 1.29 is 23.9 Å². The van der Waals surface area contributed by atoms with Gasteiger partial charge in [-0.15, -0.1) is 0 Å². The second-order valence-corrected chi connectivity index (χ2v) is 7.97. The predicted octanol–water partition coefficient (Wildman–Crippen LogP) is 2.81. The fourth-order valence-corrected chi connectivity index (χ4v) is 4.04. The highest BCUT2D eigenvalue weighted by atomic mass is 16.5. The Morgan fingerprint density at radius 1 is 1.13 bits per heavy atom. The van der Waals surface area contributed by atoms with Gasteiger partial charge in [0.15, 0.2) is 0 Å². The normalized spacial score (nSPS) is 17.9. The third-order valence-corrected chi connectivity index (χ3v) is 5.43. The summed E-state index contributed by atoms with van der Waals surface area (Å²) in [6.45, 7) is 4.22. The summed E-state index contributed by atoms with van der Waals surface area (Å²) in [5.74, 6) is -1.01. The SMILES string of the molecule is Cc1cc(C)cc(NC(=O)OCc2ccc3c(c2)C(=O)N(C2CCC(=O)NC2=O)C3)c1. The van der Waals surface area contributed by atoms with Crippen LogP contribution in [0.5, 0.6) is 0 Å². The van der Waals surface area contributed by atoms with Crippen molar-refractivity contribution in [2.45, 2.75) is 45.9 Å². The van der Waals surface area contributed by atoms with Crippen molar-refractivity contribution in [2.75, 3.05) is 5.32 Å². The standard InChI is InChI=1S/C23H23N3O5/c1-13-7-14(2)9-17(8-13)24-23(30)31-12-15-3-4-16-11-26(22(29)18(16)10-15)19-5-6-20(27)25-21(19)28/h3-4,7-10,19H,5-6,11-12H2,1-2H3,(H,24,30)(H,25,27,28). The predicted molar refractivity (Wildman–Crippen MR) is 112 cm³/mol. The first-order chi connectivity index (χ1) is 14.8. The molecule has 4 amide bonds. The van der Waals surface area contributed by atoms with Crippen molar-refractivity contribution >= 4 is 29.5 Å². The summed E-state index contributed by atoms with van der Waals surface area (Å²) in [5, 5.41) is 4.99. The number of ether oxygens (including phenoxy) is 1. The zero-order valence-corrected chi connectivity index (χ0v) is 17.4. The van der Waals surface area contributed by atoms with Crippen LogP contribution in [0.25, 0.3) is 0 Å². The molecule has 8 nitrogen and oxygen atoms in total. The van der Waals surface area contributed by atoms with Gasteiger partial charge < -0.3 is 9.64 Å². The van der Waals surface area contributed by atoms with E-state index in [4.69, 9.17) is 4.74 Å². The molecule has 2 aliphatic heterocycles. The number of anilines is 1. The van der Waals surface area contributed by atoms with Crippen LogP contribution in [-0.4, -0.2) is 34.8 Å². The molecule has 1 saturated heterocycles. The third-order valence-electron chi connectivity index (χ3n) is 5.43. The van der Waals surface area contributed by atoms with Crippen LogP contribution >= 0.6 is 0 Å². The van der Waals surface area contributed by atoms with Crippen LogP contribution in [0.15, 0.2) is 36.4 Å². The van der Waals surface area contributed by atoms with Crippen LogP contribution in [0.2, 0.25) is 0 Å². The van der Waals surface area contributed by atoms with Crippen LogP contribution < -0.4 is 10.6 Å². The largest absolute Gasteiger partial charge is 0.444 e. The molecule has 0 bridgehead atoms. The number of piperidine rings is 1. The number of benzene rings is 2. The fraction of sp³-hybridized carbons (Fsp3) is 0.304. The quantitative estimate of drug-likeness (QED) is 0.739. The molecule has 31 heavy (non-hydrogen) atoms. The Labute approximate surface area is 179 Å². The van der Waals surface area contributed by atoms with Gasteiger partial charge in [-0.2, -0.15) is 0 Å². The monoisotopic (exact) mass is 421 g/mol. The molecule has 160 valence electrons. The van der Waals surface area contributed by atoms with Crippen LogP contribution in [0.4, 0.5) is 10.5 Å². The van der Waals surface area contributed by atoms with E-state index in [1.54, 1.807) is 18.2 Å². The number of hydrogen-bond acceptors (Lipinski definition) is 5. The molecule has 4 rings (SSSR count). The van der Waals surface area contributed by atoms with Crippen molar-refractivity contribution in [3.05, 3.63) is 64.2 Å². The van der Waals surface area contributed by atoms with Crippen molar-refractivity contribution in [2.24, 2.45) is 0 Å². The molecule has 2 heterocycles. The van der Waals surface area contributed by atoms with E-state index in [-0.39, 0.29) is 24.8 Å². The van der Waals surface area contributed by atoms with Gasteiger partial charge in [-0.05, 0) is 60.7 Å². The average Bonchev–Trinajstić information content (AvgIpc) is 3.01. The van der Waals surface area contributed by atoms with Gasteiger partial charge in [-0.1, -0.05) is 18.2 Å². The lowest BCUT2D eigenvalue weighted by Crippen LogP contribution is -2.52. The molecule has 2 aromatic carbocycles. The summed E-state index contributed by atoms with van der Waals surface area (Å²) in [6.07, 6.45) is -0.0496. The lowest BCUT2D eigenvalue weighted by Gasteiger charge is -2.29. The van der Waals surface area contributed by atoms with E-state index < -0.39 is 18.0 Å². The maximum atomic E-state index is 12.9. The van der Waals surface area contributed by atoms with Crippen molar-refractivity contribution in [1.82, 2.24) is 10.2 Å². The number of rotatable bonds is 4. The minimum atomic E-state index is -0.652. The number of nitrogens with zero attached hydrogens (tertiary/aromatic N) is 1. The van der Waals surface area contributed by atoms with E-state index >= 15 is 0 Å². The second-order valence-electron chi connectivity index (χ2n) is 7.97. The average molecular weight is 421 g/mol. The van der Waals surface area contributed by atoms with Crippen molar-refractivity contribution in [3.63, 3.8) is 0 Å². The van der Waals surface area contributed by atoms with Crippen LogP contribution in [0, 0.1) is 13.8 Å². The Balaban J connectivity index is 1.39. The summed E-state index contributed by atoms with van der Waals surface area (Å²) >= 11 is 0. The van der Waals surface area contributed by atoms with E-state index in [1.165, 1.54) is 4.90 Å². The molecule has 0 aromatic heterocycles. The summed E-state index contributed by atoms with van der Waals surface area (Å²) in [5.41, 5.74) is 4.69. The highest BCUT2D eigenvalue weighted by Gasteiger charge is 2.39. The molecule has 8 heteroatoms. The number of carbonyl (C=O) groups is 4. The first kappa shape index (κ1) is 20.6. The minimum absolute atomic E-state index is 0.00953. The summed E-state index contributed by atoms with van der Waals surface area (Å²) in [6, 6.07) is 10.4. The molecule has 2 aliphatic rings. The summed E-state index contributed by atoms with van der Waals surface area (Å²) < 4.78 is 5.30. The summed E-state index contributed by atoms with van der Waals surface area (Å²) in [4.78, 5) is 50.0. The van der Waals surface area contributed by atoms with Gasteiger partial charge >= 0.3 is 6.09 Å². The first-order valence-electron chi connectivity index (χ1n) is 10.1. The highest BCUT2D eigenvalue weighted by molar-refractivity contribution is 6.05. The molecule has 1 atom stereocenters. The molecule has 0 radical (unpaired) electrons. The van der Waals surface area contributed by atoms with Gasteiger partial charge in [0.2, 0.25) is 11.8 Å². The zero-order chi connectivity index (χ0) is 22.1. The van der Waals surface area contributed by atoms with E-state index in [9.17, 15) is 19.2 Å². The van der Waals surface area contributed by atoms with Gasteiger partial charge in [0.05, 0.1) is 0 Å². The maximum Gasteiger partial charge on any atom is 0.411 e. The number of aryl methyl sites for hydroxylation is 2. The van der Waals surface area contributed by atoms with Gasteiger partial charge in [0.1, 0.15) is 12.6 Å². The topological polar surface area (TPSA) is 105 Å². The number of carbonyl (C=O) groups excluding carboxylic acids is 4. The van der Waals surface area contributed by atoms with Crippen LogP contribution in [0.1, 0.15) is 45.5 Å². The van der Waals surface area contributed by atoms with E-state index in [2.05, 4.69) is 10.6 Å². The molecule has 2 aromatic rings. The maximum absolute atomic E-state index is 12.9. The highest BCUT2D eigenvalue weighted by Crippen LogP contribution is 2.28. The molecule has 1 unspecified atom stereocenters. The molecule has 2 N–H and O–H groups in total. The summed E-state index contributed by atoms with van der Waals surface area (Å²) in [7, 11) is 0. The number of hydrogen-bond donors (Lipinski definition) is 2. The molecular weight excluding hydrogens is 398 g/mol. The molecule has 1 fully saturated rings. The van der Waals surface area contributed by atoms with E-state index in [0.29, 0.717) is 29.8 Å². The molecule has 0 saturated carbocycles. The Hall–Kier alpha value is -3.68. The molecule has 0 aliphatic carbocycles. The smallest absolute Gasteiger partial charge is 0.411 e. The molecule has 0 spiro atoms. The Morgan fingerprint density at radius 2 is 1.87 bits per heavy atom. The van der Waals surface area contributed by atoms with Crippen molar-refractivity contribution in [3.8, 4) is 0 Å².